The Hall–Kier alpha value is -0.860. The average molecular weight is 216 g/mol. The van der Waals surface area contributed by atoms with Gasteiger partial charge in [0.1, 0.15) is 0 Å². The van der Waals surface area contributed by atoms with Crippen LogP contribution in [0.1, 0.15) is 29.9 Å². The maximum atomic E-state index is 5.95. The van der Waals surface area contributed by atoms with Gasteiger partial charge in [-0.2, -0.15) is 0 Å². The normalized spacial score (nSPS) is 36.9. The number of hydrogen-bond donors (Lipinski definition) is 2. The number of nitrogens with two attached hydrogens (primary N) is 1. The highest BCUT2D eigenvalue weighted by molar-refractivity contribution is 5.30. The van der Waals surface area contributed by atoms with Crippen LogP contribution < -0.4 is 11.1 Å². The van der Waals surface area contributed by atoms with Crippen LogP contribution in [0.5, 0.6) is 0 Å². The van der Waals surface area contributed by atoms with Gasteiger partial charge in [0, 0.05) is 18.0 Å². The highest BCUT2D eigenvalue weighted by Crippen LogP contribution is 2.44. The van der Waals surface area contributed by atoms with Gasteiger partial charge in [-0.3, -0.25) is 0 Å². The van der Waals surface area contributed by atoms with Gasteiger partial charge in [0.2, 0.25) is 0 Å². The molecule has 0 saturated carbocycles. The van der Waals surface area contributed by atoms with E-state index in [9.17, 15) is 0 Å². The van der Waals surface area contributed by atoms with Gasteiger partial charge in [-0.25, -0.2) is 0 Å². The van der Waals surface area contributed by atoms with Crippen molar-refractivity contribution >= 4 is 0 Å². The van der Waals surface area contributed by atoms with Gasteiger partial charge in [-0.05, 0) is 37.8 Å². The summed E-state index contributed by atoms with van der Waals surface area (Å²) in [5.41, 5.74) is 8.79. The molecule has 2 heterocycles. The summed E-state index contributed by atoms with van der Waals surface area (Å²) in [7, 11) is 0. The smallest absolute Gasteiger partial charge is 0.0143 e. The van der Waals surface area contributed by atoms with Crippen LogP contribution in [0.15, 0.2) is 24.3 Å². The first-order valence-electron chi connectivity index (χ1n) is 6.32. The van der Waals surface area contributed by atoms with E-state index >= 15 is 0 Å². The van der Waals surface area contributed by atoms with Gasteiger partial charge >= 0.3 is 0 Å². The predicted molar refractivity (Wildman–Crippen MR) is 66.4 cm³/mol. The van der Waals surface area contributed by atoms with Crippen LogP contribution in [0.4, 0.5) is 0 Å². The molecule has 2 bridgehead atoms. The minimum absolute atomic E-state index is 0.639. The predicted octanol–water partition coefficient (Wildman–Crippen LogP) is 1.79. The van der Waals surface area contributed by atoms with Crippen molar-refractivity contribution in [1.29, 1.82) is 0 Å². The Morgan fingerprint density at radius 2 is 2.12 bits per heavy atom. The van der Waals surface area contributed by atoms with E-state index in [1.54, 1.807) is 0 Å². The van der Waals surface area contributed by atoms with Crippen LogP contribution in [0, 0.1) is 12.8 Å². The Balaban J connectivity index is 1.94. The molecule has 2 fully saturated rings. The Morgan fingerprint density at radius 1 is 1.31 bits per heavy atom. The van der Waals surface area contributed by atoms with E-state index in [1.807, 2.05) is 0 Å². The summed E-state index contributed by atoms with van der Waals surface area (Å²) < 4.78 is 0. The first-order chi connectivity index (χ1) is 7.79. The minimum atomic E-state index is 0.639. The molecule has 0 aliphatic carbocycles. The van der Waals surface area contributed by atoms with Crippen LogP contribution >= 0.6 is 0 Å². The van der Waals surface area contributed by atoms with Crippen LogP contribution in [0.3, 0.4) is 0 Å². The van der Waals surface area contributed by atoms with Crippen molar-refractivity contribution in [2.24, 2.45) is 11.7 Å². The molecule has 0 aromatic heterocycles. The van der Waals surface area contributed by atoms with Gasteiger partial charge in [-0.1, -0.05) is 29.8 Å². The molecule has 3 rings (SSSR count). The topological polar surface area (TPSA) is 38.0 Å². The summed E-state index contributed by atoms with van der Waals surface area (Å²) in [4.78, 5) is 0. The third kappa shape index (κ3) is 1.48. The fraction of sp³-hybridized carbons (Fsp3) is 0.571. The molecule has 4 unspecified atom stereocenters. The fourth-order valence-corrected chi connectivity index (χ4v) is 3.64. The first-order valence-corrected chi connectivity index (χ1v) is 6.32. The average Bonchev–Trinajstić information content (AvgIpc) is 2.88. The maximum absolute atomic E-state index is 5.95. The quantitative estimate of drug-likeness (QED) is 0.791. The molecule has 2 heteroatoms. The zero-order chi connectivity index (χ0) is 11.1. The zero-order valence-electron chi connectivity index (χ0n) is 9.82. The summed E-state index contributed by atoms with van der Waals surface area (Å²) in [5, 5.41) is 3.72. The molecule has 4 atom stereocenters. The lowest BCUT2D eigenvalue weighted by atomic mass is 9.75. The van der Waals surface area contributed by atoms with E-state index in [0.717, 1.165) is 6.54 Å². The van der Waals surface area contributed by atoms with E-state index in [0.29, 0.717) is 23.9 Å². The van der Waals surface area contributed by atoms with Gasteiger partial charge in [0.25, 0.3) is 0 Å². The number of fused-ring (bicyclic) bond motifs is 2. The molecule has 3 N–H and O–H groups in total. The summed E-state index contributed by atoms with van der Waals surface area (Å²) in [5.74, 6) is 1.28. The molecule has 1 aromatic rings. The molecular weight excluding hydrogens is 196 g/mol. The van der Waals surface area contributed by atoms with Crippen LogP contribution in [-0.2, 0) is 0 Å². The van der Waals surface area contributed by atoms with Crippen molar-refractivity contribution in [3.63, 3.8) is 0 Å². The maximum Gasteiger partial charge on any atom is 0.0143 e. The lowest BCUT2D eigenvalue weighted by Gasteiger charge is -2.29. The lowest BCUT2D eigenvalue weighted by Crippen LogP contribution is -2.31. The molecule has 0 spiro atoms. The Kier molecular flexibility index (Phi) is 2.49. The van der Waals surface area contributed by atoms with Gasteiger partial charge in [0.15, 0.2) is 0 Å². The monoisotopic (exact) mass is 216 g/mol. The lowest BCUT2D eigenvalue weighted by molar-refractivity contribution is 0.365. The Bertz CT molecular complexity index is 388. The Labute approximate surface area is 97.2 Å². The van der Waals surface area contributed by atoms with Crippen LogP contribution in [0.2, 0.25) is 0 Å². The van der Waals surface area contributed by atoms with Gasteiger partial charge < -0.3 is 11.1 Å². The molecule has 2 aliphatic heterocycles. The van der Waals surface area contributed by atoms with Crippen molar-refractivity contribution in [2.75, 3.05) is 6.54 Å². The summed E-state index contributed by atoms with van der Waals surface area (Å²) in [6.45, 7) is 2.98. The van der Waals surface area contributed by atoms with Crippen molar-refractivity contribution in [1.82, 2.24) is 5.32 Å². The first kappa shape index (κ1) is 10.3. The van der Waals surface area contributed by atoms with Crippen molar-refractivity contribution in [2.45, 2.75) is 37.8 Å². The summed E-state index contributed by atoms with van der Waals surface area (Å²) >= 11 is 0. The van der Waals surface area contributed by atoms with Gasteiger partial charge in [0.05, 0.1) is 0 Å². The molecule has 0 radical (unpaired) electrons. The highest BCUT2D eigenvalue weighted by atomic mass is 15.1. The number of nitrogens with one attached hydrogen (secondary N) is 1. The second-order valence-electron chi connectivity index (χ2n) is 5.30. The molecule has 2 saturated heterocycles. The Morgan fingerprint density at radius 3 is 2.88 bits per heavy atom. The van der Waals surface area contributed by atoms with Crippen molar-refractivity contribution in [3.05, 3.63) is 35.4 Å². The SMILES string of the molecule is Cc1cccc(C2C3CCC(N3)C2CN)c1. The third-order valence-electron chi connectivity index (χ3n) is 4.33. The zero-order valence-corrected chi connectivity index (χ0v) is 9.82. The number of aryl methyl sites for hydroxylation is 1. The highest BCUT2D eigenvalue weighted by Gasteiger charge is 2.46. The van der Waals surface area contributed by atoms with E-state index in [4.69, 9.17) is 5.73 Å². The molecule has 2 nitrogen and oxygen atoms in total. The van der Waals surface area contributed by atoms with Crippen LogP contribution in [0.25, 0.3) is 0 Å². The second-order valence-corrected chi connectivity index (χ2v) is 5.30. The molecular formula is C14H20N2. The number of hydrogen-bond acceptors (Lipinski definition) is 2. The number of rotatable bonds is 2. The van der Waals surface area contributed by atoms with Crippen LogP contribution in [-0.4, -0.2) is 18.6 Å². The van der Waals surface area contributed by atoms with E-state index in [-0.39, 0.29) is 0 Å². The standard InChI is InChI=1S/C14H20N2/c1-9-3-2-4-10(7-9)14-11(8-15)12-5-6-13(14)16-12/h2-4,7,11-14,16H,5-6,8,15H2,1H3. The van der Waals surface area contributed by atoms with E-state index in [1.165, 1.54) is 24.0 Å². The molecule has 0 amide bonds. The summed E-state index contributed by atoms with van der Waals surface area (Å²) in [6.07, 6.45) is 2.63. The molecule has 86 valence electrons. The number of benzene rings is 1. The fourth-order valence-electron chi connectivity index (χ4n) is 3.64. The molecule has 1 aromatic carbocycles. The van der Waals surface area contributed by atoms with Crippen molar-refractivity contribution in [3.8, 4) is 0 Å². The second kappa shape index (κ2) is 3.86. The van der Waals surface area contributed by atoms with Gasteiger partial charge in [-0.15, -0.1) is 0 Å². The minimum Gasteiger partial charge on any atom is -0.330 e. The largest absolute Gasteiger partial charge is 0.330 e. The van der Waals surface area contributed by atoms with Crippen molar-refractivity contribution < 1.29 is 0 Å². The third-order valence-corrected chi connectivity index (χ3v) is 4.33. The molecule has 2 aliphatic rings. The summed E-state index contributed by atoms with van der Waals surface area (Å²) in [6, 6.07) is 10.3. The van der Waals surface area contributed by atoms with E-state index < -0.39 is 0 Å². The molecule has 16 heavy (non-hydrogen) atoms. The van der Waals surface area contributed by atoms with E-state index in [2.05, 4.69) is 36.5 Å².